The lowest BCUT2D eigenvalue weighted by Gasteiger charge is -2.10. The average Bonchev–Trinajstić information content (AvgIpc) is 3.13. The molecular formula is C20H15N3O6S2. The van der Waals surface area contributed by atoms with E-state index in [1.54, 1.807) is 12.1 Å². The molecular weight excluding hydrogens is 442 g/mol. The van der Waals surface area contributed by atoms with Crippen molar-refractivity contribution >= 4 is 36.7 Å². The van der Waals surface area contributed by atoms with E-state index in [1.165, 1.54) is 42.7 Å². The minimum Gasteiger partial charge on any atom is -0.455 e. The highest BCUT2D eigenvalue weighted by atomic mass is 32.2. The van der Waals surface area contributed by atoms with E-state index in [9.17, 15) is 21.6 Å². The predicted octanol–water partition coefficient (Wildman–Crippen LogP) is 2.07. The number of pyridine rings is 1. The number of furan rings is 1. The Labute approximate surface area is 177 Å². The Kier molecular flexibility index (Phi) is 4.88. The molecule has 0 spiro atoms. The maximum Gasteiger partial charge on any atom is 0.248 e. The number of carbonyl (C=O) groups excluding carboxylic acids is 1. The van der Waals surface area contributed by atoms with Crippen LogP contribution in [0.25, 0.3) is 22.3 Å². The van der Waals surface area contributed by atoms with Gasteiger partial charge in [-0.2, -0.15) is 0 Å². The Morgan fingerprint density at radius 3 is 2.26 bits per heavy atom. The number of rotatable bonds is 5. The monoisotopic (exact) mass is 457 g/mol. The molecule has 158 valence electrons. The molecule has 0 aliphatic carbocycles. The number of primary sulfonamides is 1. The minimum absolute atomic E-state index is 0.0576. The number of carbonyl (C=O) groups is 1. The Morgan fingerprint density at radius 2 is 1.65 bits per heavy atom. The maximum atomic E-state index is 13.7. The number of nitrogens with two attached hydrogens (primary N) is 2. The number of benzene rings is 2. The van der Waals surface area contributed by atoms with Crippen LogP contribution >= 0.6 is 0 Å². The van der Waals surface area contributed by atoms with E-state index in [2.05, 4.69) is 4.98 Å². The molecule has 4 N–H and O–H groups in total. The van der Waals surface area contributed by atoms with Crippen LogP contribution < -0.4 is 10.9 Å². The third-order valence-corrected chi connectivity index (χ3v) is 7.54. The third kappa shape index (κ3) is 3.58. The molecule has 0 fully saturated rings. The molecule has 4 rings (SSSR count). The highest BCUT2D eigenvalue weighted by Crippen LogP contribution is 2.41. The Balaban J connectivity index is 2.14. The van der Waals surface area contributed by atoms with E-state index in [0.29, 0.717) is 5.56 Å². The van der Waals surface area contributed by atoms with E-state index in [4.69, 9.17) is 15.3 Å². The van der Waals surface area contributed by atoms with Crippen LogP contribution in [0.1, 0.15) is 10.4 Å². The number of amides is 1. The summed E-state index contributed by atoms with van der Waals surface area (Å²) >= 11 is 0. The summed E-state index contributed by atoms with van der Waals surface area (Å²) in [7, 11) is -8.85. The minimum atomic E-state index is -4.49. The van der Waals surface area contributed by atoms with Crippen molar-refractivity contribution in [2.75, 3.05) is 0 Å². The second-order valence-electron chi connectivity index (χ2n) is 6.57. The molecule has 31 heavy (non-hydrogen) atoms. The normalized spacial score (nSPS) is 12.2. The van der Waals surface area contributed by atoms with Crippen LogP contribution in [-0.2, 0) is 19.9 Å². The molecule has 2 aromatic heterocycles. The summed E-state index contributed by atoms with van der Waals surface area (Å²) < 4.78 is 57.4. The van der Waals surface area contributed by atoms with Gasteiger partial charge in [0.05, 0.1) is 4.90 Å². The van der Waals surface area contributed by atoms with Crippen molar-refractivity contribution in [2.45, 2.75) is 14.7 Å². The summed E-state index contributed by atoms with van der Waals surface area (Å²) in [5.74, 6) is -0.826. The number of nitrogens with zero attached hydrogens (tertiary/aromatic N) is 1. The smallest absolute Gasteiger partial charge is 0.248 e. The van der Waals surface area contributed by atoms with Gasteiger partial charge in [0.1, 0.15) is 15.4 Å². The highest BCUT2D eigenvalue weighted by molar-refractivity contribution is 7.94. The van der Waals surface area contributed by atoms with Crippen LogP contribution in [0, 0.1) is 0 Å². The van der Waals surface area contributed by atoms with Gasteiger partial charge < -0.3 is 10.2 Å². The fourth-order valence-corrected chi connectivity index (χ4v) is 6.16. The van der Waals surface area contributed by atoms with E-state index in [1.807, 2.05) is 0 Å². The summed E-state index contributed by atoms with van der Waals surface area (Å²) in [4.78, 5) is 14.3. The Morgan fingerprint density at radius 1 is 0.935 bits per heavy atom. The molecule has 0 atom stereocenters. The van der Waals surface area contributed by atoms with Crippen LogP contribution in [0.5, 0.6) is 0 Å². The highest BCUT2D eigenvalue weighted by Gasteiger charge is 2.33. The number of hydrogen-bond donors (Lipinski definition) is 2. The van der Waals surface area contributed by atoms with Gasteiger partial charge >= 0.3 is 0 Å². The molecule has 9 nitrogen and oxygen atoms in total. The van der Waals surface area contributed by atoms with Gasteiger partial charge in [-0.05, 0) is 42.5 Å². The van der Waals surface area contributed by atoms with Gasteiger partial charge in [0.2, 0.25) is 25.8 Å². The van der Waals surface area contributed by atoms with Gasteiger partial charge in [0, 0.05) is 28.9 Å². The topological polar surface area (TPSA) is 163 Å². The van der Waals surface area contributed by atoms with Crippen molar-refractivity contribution in [2.24, 2.45) is 10.9 Å². The van der Waals surface area contributed by atoms with Crippen molar-refractivity contribution in [1.82, 2.24) is 4.98 Å². The molecule has 11 heteroatoms. The standard InChI is InChI=1S/C20H15N3O6S2/c21-20(24)12-7-8-15-14(10-12)19(18(29-15)13-4-3-9-23-11-13)30(25,26)16-5-1-2-6-17(16)31(22,27)28/h1-11H,(H2,21,24)(H2,22,27,28). The zero-order chi connectivity index (χ0) is 22.4. The van der Waals surface area contributed by atoms with Crippen LogP contribution in [0.4, 0.5) is 0 Å². The molecule has 0 saturated heterocycles. The molecule has 0 aliphatic rings. The summed E-state index contributed by atoms with van der Waals surface area (Å²) in [5, 5.41) is 5.32. The summed E-state index contributed by atoms with van der Waals surface area (Å²) in [6.45, 7) is 0. The van der Waals surface area contributed by atoms with Gasteiger partial charge in [-0.3, -0.25) is 9.78 Å². The second-order valence-corrected chi connectivity index (χ2v) is 9.96. The van der Waals surface area contributed by atoms with E-state index in [0.717, 1.165) is 12.1 Å². The molecule has 1 amide bonds. The predicted molar refractivity (Wildman–Crippen MR) is 111 cm³/mol. The zero-order valence-electron chi connectivity index (χ0n) is 15.7. The van der Waals surface area contributed by atoms with Crippen molar-refractivity contribution in [3.8, 4) is 11.3 Å². The Bertz CT molecular complexity index is 1540. The number of sulfonamides is 1. The number of sulfone groups is 1. The van der Waals surface area contributed by atoms with Crippen molar-refractivity contribution in [3.05, 3.63) is 72.6 Å². The quantitative estimate of drug-likeness (QED) is 0.463. The maximum absolute atomic E-state index is 13.7. The molecule has 4 aromatic rings. The van der Waals surface area contributed by atoms with Crippen LogP contribution in [0.3, 0.4) is 0 Å². The zero-order valence-corrected chi connectivity index (χ0v) is 17.4. The molecule has 2 heterocycles. The van der Waals surface area contributed by atoms with Crippen LogP contribution in [0.2, 0.25) is 0 Å². The molecule has 0 saturated carbocycles. The van der Waals surface area contributed by atoms with Gasteiger partial charge in [-0.25, -0.2) is 22.0 Å². The van der Waals surface area contributed by atoms with Crippen LogP contribution in [0.15, 0.2) is 86.1 Å². The number of hydrogen-bond acceptors (Lipinski definition) is 7. The number of primary amides is 1. The van der Waals surface area contributed by atoms with E-state index in [-0.39, 0.29) is 27.2 Å². The fourth-order valence-electron chi connectivity index (χ4n) is 3.20. The van der Waals surface area contributed by atoms with Gasteiger partial charge in [0.25, 0.3) is 0 Å². The first-order valence-corrected chi connectivity index (χ1v) is 11.8. The fraction of sp³-hybridized carbons (Fsp3) is 0. The SMILES string of the molecule is NC(=O)c1ccc2oc(-c3cccnc3)c(S(=O)(=O)c3ccccc3S(N)(=O)=O)c2c1. The van der Waals surface area contributed by atoms with E-state index < -0.39 is 35.6 Å². The molecule has 0 aliphatic heterocycles. The number of aromatic nitrogens is 1. The lowest BCUT2D eigenvalue weighted by Crippen LogP contribution is -2.17. The Hall–Kier alpha value is -3.54. The largest absolute Gasteiger partial charge is 0.455 e. The van der Waals surface area contributed by atoms with Crippen molar-refractivity contribution in [1.29, 1.82) is 0 Å². The summed E-state index contributed by atoms with van der Waals surface area (Å²) in [6, 6.07) is 12.3. The van der Waals surface area contributed by atoms with Crippen molar-refractivity contribution < 1.29 is 26.0 Å². The molecule has 2 aromatic carbocycles. The summed E-state index contributed by atoms with van der Waals surface area (Å²) in [5.41, 5.74) is 5.91. The van der Waals surface area contributed by atoms with Crippen LogP contribution in [-0.4, -0.2) is 27.7 Å². The van der Waals surface area contributed by atoms with Gasteiger partial charge in [0.15, 0.2) is 5.76 Å². The van der Waals surface area contributed by atoms with Crippen molar-refractivity contribution in [3.63, 3.8) is 0 Å². The summed E-state index contributed by atoms with van der Waals surface area (Å²) in [6.07, 6.45) is 2.90. The van der Waals surface area contributed by atoms with E-state index >= 15 is 0 Å². The number of fused-ring (bicyclic) bond motifs is 1. The lowest BCUT2D eigenvalue weighted by molar-refractivity contribution is 0.100. The molecule has 0 unspecified atom stereocenters. The second kappa shape index (κ2) is 7.30. The first kappa shape index (κ1) is 20.7. The molecule has 0 bridgehead atoms. The lowest BCUT2D eigenvalue weighted by atomic mass is 10.1. The van der Waals surface area contributed by atoms with Gasteiger partial charge in [-0.15, -0.1) is 0 Å². The first-order valence-electron chi connectivity index (χ1n) is 8.74. The molecule has 0 radical (unpaired) electrons. The first-order chi connectivity index (χ1) is 14.6. The third-order valence-electron chi connectivity index (χ3n) is 4.56. The average molecular weight is 457 g/mol. The van der Waals surface area contributed by atoms with Gasteiger partial charge in [-0.1, -0.05) is 12.1 Å².